The van der Waals surface area contributed by atoms with E-state index in [9.17, 15) is 10.1 Å². The normalized spacial score (nSPS) is 16.5. The molecule has 1 aliphatic heterocycles. The summed E-state index contributed by atoms with van der Waals surface area (Å²) in [7, 11) is 0. The number of rotatable bonds is 1. The first-order valence-corrected chi connectivity index (χ1v) is 7.45. The third-order valence-electron chi connectivity index (χ3n) is 3.64. The molecule has 0 fully saturated rings. The summed E-state index contributed by atoms with van der Waals surface area (Å²) in [5.41, 5.74) is 6.92. The number of aromatic amines is 1. The smallest absolute Gasteiger partial charge is 0.256 e. The van der Waals surface area contributed by atoms with Crippen molar-refractivity contribution in [2.24, 2.45) is 5.73 Å². The van der Waals surface area contributed by atoms with Crippen LogP contribution in [-0.2, 0) is 0 Å². The topological polar surface area (TPSA) is 91.9 Å². The van der Waals surface area contributed by atoms with Crippen LogP contribution in [-0.4, -0.2) is 4.98 Å². The summed E-state index contributed by atoms with van der Waals surface area (Å²) in [5.74, 6) is -0.552. The number of aryl methyl sites for hydroxylation is 1. The van der Waals surface area contributed by atoms with Crippen molar-refractivity contribution in [1.29, 1.82) is 5.26 Å². The van der Waals surface area contributed by atoms with E-state index in [1.165, 1.54) is 0 Å². The van der Waals surface area contributed by atoms with Crippen LogP contribution in [0.1, 0.15) is 22.7 Å². The molecule has 1 aliphatic rings. The predicted octanol–water partition coefficient (Wildman–Crippen LogP) is 3.21. The molecule has 1 unspecified atom stereocenters. The fourth-order valence-electron chi connectivity index (χ4n) is 2.68. The fourth-order valence-corrected chi connectivity index (χ4v) is 3.30. The van der Waals surface area contributed by atoms with Gasteiger partial charge in [0.25, 0.3) is 5.56 Å². The number of nitrogens with one attached hydrogen (secondary N) is 1. The molecule has 1 aromatic carbocycles. The molecule has 2 aromatic rings. The van der Waals surface area contributed by atoms with Crippen LogP contribution in [0.25, 0.3) is 0 Å². The van der Waals surface area contributed by atoms with Crippen LogP contribution in [0.4, 0.5) is 0 Å². The van der Waals surface area contributed by atoms with Crippen LogP contribution in [0.15, 0.2) is 40.5 Å². The average molecular weight is 348 g/mol. The van der Waals surface area contributed by atoms with E-state index in [0.717, 1.165) is 0 Å². The lowest BCUT2D eigenvalue weighted by molar-refractivity contribution is 0.391. The Balaban J connectivity index is 2.40. The van der Waals surface area contributed by atoms with Crippen molar-refractivity contribution in [3.05, 3.63) is 72.9 Å². The summed E-state index contributed by atoms with van der Waals surface area (Å²) in [6.07, 6.45) is 0. The molecule has 0 amide bonds. The lowest BCUT2D eigenvalue weighted by Crippen LogP contribution is -2.28. The average Bonchev–Trinajstić information content (AvgIpc) is 2.46. The van der Waals surface area contributed by atoms with Crippen LogP contribution >= 0.6 is 23.2 Å². The number of nitriles is 1. The second kappa shape index (κ2) is 5.65. The molecule has 1 atom stereocenters. The van der Waals surface area contributed by atoms with Crippen molar-refractivity contribution >= 4 is 23.2 Å². The van der Waals surface area contributed by atoms with Gasteiger partial charge in [0.2, 0.25) is 5.88 Å². The Bertz CT molecular complexity index is 921. The molecular formula is C16H11Cl2N3O2. The molecule has 0 saturated heterocycles. The lowest BCUT2D eigenvalue weighted by atomic mass is 9.84. The molecule has 23 heavy (non-hydrogen) atoms. The number of halogens is 2. The minimum Gasteiger partial charge on any atom is -0.440 e. The van der Waals surface area contributed by atoms with Gasteiger partial charge < -0.3 is 15.5 Å². The van der Waals surface area contributed by atoms with Gasteiger partial charge >= 0.3 is 0 Å². The van der Waals surface area contributed by atoms with E-state index in [4.69, 9.17) is 33.7 Å². The third-order valence-corrected chi connectivity index (χ3v) is 4.30. The summed E-state index contributed by atoms with van der Waals surface area (Å²) in [6.45, 7) is 1.72. The molecule has 1 aromatic heterocycles. The number of allylic oxidation sites excluding steroid dienone is 1. The number of nitrogens with zero attached hydrogens (tertiary/aromatic N) is 1. The zero-order chi connectivity index (χ0) is 16.7. The Labute approximate surface area is 141 Å². The zero-order valence-electron chi connectivity index (χ0n) is 12.0. The lowest BCUT2D eigenvalue weighted by Gasteiger charge is -2.26. The molecule has 116 valence electrons. The van der Waals surface area contributed by atoms with Gasteiger partial charge in [-0.2, -0.15) is 5.26 Å². The monoisotopic (exact) mass is 347 g/mol. The summed E-state index contributed by atoms with van der Waals surface area (Å²) in [6, 6.07) is 8.62. The Kier molecular flexibility index (Phi) is 3.80. The highest BCUT2D eigenvalue weighted by Crippen LogP contribution is 2.44. The van der Waals surface area contributed by atoms with Crippen LogP contribution in [0.5, 0.6) is 5.75 Å². The van der Waals surface area contributed by atoms with Gasteiger partial charge in [0, 0.05) is 27.4 Å². The van der Waals surface area contributed by atoms with E-state index < -0.39 is 5.92 Å². The van der Waals surface area contributed by atoms with E-state index in [0.29, 0.717) is 27.1 Å². The molecule has 0 saturated carbocycles. The highest BCUT2D eigenvalue weighted by Gasteiger charge is 2.35. The van der Waals surface area contributed by atoms with Crippen molar-refractivity contribution < 1.29 is 4.74 Å². The van der Waals surface area contributed by atoms with E-state index in [2.05, 4.69) is 4.98 Å². The van der Waals surface area contributed by atoms with E-state index in [-0.39, 0.29) is 22.6 Å². The maximum atomic E-state index is 12.5. The molecule has 2 heterocycles. The van der Waals surface area contributed by atoms with Crippen LogP contribution in [0.3, 0.4) is 0 Å². The molecule has 0 spiro atoms. The van der Waals surface area contributed by atoms with Gasteiger partial charge in [0.05, 0.1) is 11.5 Å². The quantitative estimate of drug-likeness (QED) is 0.828. The minimum atomic E-state index is -0.783. The first-order chi connectivity index (χ1) is 10.9. The molecule has 0 aliphatic carbocycles. The summed E-state index contributed by atoms with van der Waals surface area (Å²) in [5, 5.41) is 10.2. The van der Waals surface area contributed by atoms with Gasteiger partial charge in [-0.1, -0.05) is 29.3 Å². The van der Waals surface area contributed by atoms with Gasteiger partial charge in [-0.3, -0.25) is 4.79 Å². The molecular weight excluding hydrogens is 337 g/mol. The van der Waals surface area contributed by atoms with Gasteiger partial charge in [-0.05, 0) is 19.1 Å². The first-order valence-electron chi connectivity index (χ1n) is 6.69. The number of aromatic nitrogens is 1. The second-order valence-electron chi connectivity index (χ2n) is 5.12. The standard InChI is InChI=1S/C16H11Cl2N3O2/c1-7-5-11-14(16(22)21-7)12(8(6-19)15(20)23-11)13-9(17)3-2-4-10(13)18/h2-5,12H,20H2,1H3,(H,21,22). The second-order valence-corrected chi connectivity index (χ2v) is 5.93. The van der Waals surface area contributed by atoms with E-state index in [1.54, 1.807) is 31.2 Å². The number of nitrogens with two attached hydrogens (primary N) is 1. The van der Waals surface area contributed by atoms with Crippen molar-refractivity contribution in [2.75, 3.05) is 0 Å². The molecule has 7 heteroatoms. The predicted molar refractivity (Wildman–Crippen MR) is 87.6 cm³/mol. The third kappa shape index (κ3) is 2.46. The van der Waals surface area contributed by atoms with Crippen LogP contribution in [0.2, 0.25) is 10.0 Å². The number of H-pyrrole nitrogens is 1. The first kappa shape index (κ1) is 15.5. The molecule has 0 radical (unpaired) electrons. The molecule has 3 N–H and O–H groups in total. The SMILES string of the molecule is Cc1cc2c(c(=O)[nH]1)C(c1c(Cl)cccc1Cl)C(C#N)=C(N)O2. The molecule has 5 nitrogen and oxygen atoms in total. The Morgan fingerprint density at radius 3 is 2.57 bits per heavy atom. The zero-order valence-corrected chi connectivity index (χ0v) is 13.5. The van der Waals surface area contributed by atoms with E-state index >= 15 is 0 Å². The van der Waals surface area contributed by atoms with E-state index in [1.807, 2.05) is 6.07 Å². The van der Waals surface area contributed by atoms with Gasteiger partial charge in [-0.25, -0.2) is 0 Å². The van der Waals surface area contributed by atoms with Crippen LogP contribution in [0, 0.1) is 18.3 Å². The number of pyridine rings is 1. The Morgan fingerprint density at radius 1 is 1.30 bits per heavy atom. The van der Waals surface area contributed by atoms with Crippen LogP contribution < -0.4 is 16.0 Å². The molecule has 0 bridgehead atoms. The highest BCUT2D eigenvalue weighted by atomic mass is 35.5. The maximum Gasteiger partial charge on any atom is 0.256 e. The summed E-state index contributed by atoms with van der Waals surface area (Å²) < 4.78 is 5.46. The maximum absolute atomic E-state index is 12.5. The van der Waals surface area contributed by atoms with Gasteiger partial charge in [0.15, 0.2) is 0 Å². The van der Waals surface area contributed by atoms with Crippen molar-refractivity contribution in [1.82, 2.24) is 4.98 Å². The number of hydrogen-bond donors (Lipinski definition) is 2. The Hall–Kier alpha value is -2.42. The largest absolute Gasteiger partial charge is 0.440 e. The van der Waals surface area contributed by atoms with Crippen molar-refractivity contribution in [2.45, 2.75) is 12.8 Å². The number of ether oxygens (including phenoxy) is 1. The number of hydrogen-bond acceptors (Lipinski definition) is 4. The van der Waals surface area contributed by atoms with Crippen molar-refractivity contribution in [3.8, 4) is 11.8 Å². The number of fused-ring (bicyclic) bond motifs is 1. The molecule has 3 rings (SSSR count). The van der Waals surface area contributed by atoms with Gasteiger partial charge in [-0.15, -0.1) is 0 Å². The summed E-state index contributed by atoms with van der Waals surface area (Å²) >= 11 is 12.5. The summed E-state index contributed by atoms with van der Waals surface area (Å²) in [4.78, 5) is 15.2. The Morgan fingerprint density at radius 2 is 1.96 bits per heavy atom. The highest BCUT2D eigenvalue weighted by molar-refractivity contribution is 6.36. The number of benzene rings is 1. The van der Waals surface area contributed by atoms with Gasteiger partial charge in [0.1, 0.15) is 17.4 Å². The fraction of sp³-hybridized carbons (Fsp3) is 0.125. The minimum absolute atomic E-state index is 0.0639. The van der Waals surface area contributed by atoms with Crippen molar-refractivity contribution in [3.63, 3.8) is 0 Å².